The zero-order chi connectivity index (χ0) is 50.3. The second-order valence-corrected chi connectivity index (χ2v) is 24.1. The summed E-state index contributed by atoms with van der Waals surface area (Å²) >= 11 is 2.48. The SMILES string of the molecule is CC(C)(C)c1cc(-n2[c](=[Pt])n(-c3[c-]c(Oc4[c-]c5c(cc4)c4cc6c(cc4n5-c4cc(C(C)(C)C)ccn4)C4(c5ccccc5-c5ccccc54)c4ccccc4-6)ccc3)c3ccccc32)cc(C(C)(C)C)c1. The fourth-order valence-electron chi connectivity index (χ4n) is 11.7. The molecule has 0 fully saturated rings. The van der Waals surface area contributed by atoms with Crippen LogP contribution in [-0.4, -0.2) is 18.7 Å². The number of benzene rings is 8. The van der Waals surface area contributed by atoms with E-state index in [0.29, 0.717) is 11.5 Å². The number of ether oxygens (including phenoxy) is 1. The second kappa shape index (κ2) is 16.1. The molecule has 3 heterocycles. The molecule has 3 aromatic heterocycles. The third kappa shape index (κ3) is 6.91. The van der Waals surface area contributed by atoms with Gasteiger partial charge in [0.15, 0.2) is 0 Å². The summed E-state index contributed by atoms with van der Waals surface area (Å²) in [5, 5.41) is 2.23. The Labute approximate surface area is 438 Å². The Morgan fingerprint density at radius 3 is 1.63 bits per heavy atom. The third-order valence-corrected chi connectivity index (χ3v) is 16.4. The molecule has 6 heteroatoms. The first-order valence-corrected chi connectivity index (χ1v) is 26.5. The zero-order valence-corrected chi connectivity index (χ0v) is 45.0. The standard InChI is InChI=1S/C67H56N4O.Pt/c1-64(2,3)42-31-32-68-63(36-42)71-61-38-48(72-47-20-18-19-45(37-47)69-41-70(60-28-17-16-27-59(60)69)46-34-43(65(4,5)6)33-44(35-46)66(7,8)9)29-30-52(61)54-39-53-51-23-12-15-26-57(51)67(58(53)40-62(54)71)55-24-13-10-21-49(55)50-22-11-14-25-56(50)67;/h10-36,39-40H,1-9H3;/q-2;. The molecule has 2 aliphatic rings. The van der Waals surface area contributed by atoms with Crippen molar-refractivity contribution in [2.75, 3.05) is 0 Å². The van der Waals surface area contributed by atoms with Crippen molar-refractivity contribution in [2.45, 2.75) is 84.0 Å². The van der Waals surface area contributed by atoms with E-state index < -0.39 is 5.41 Å². The zero-order valence-electron chi connectivity index (χ0n) is 42.8. The molecule has 362 valence electrons. The number of fused-ring (bicyclic) bond motifs is 14. The van der Waals surface area contributed by atoms with Crippen LogP contribution in [0.1, 0.15) is 101 Å². The van der Waals surface area contributed by atoms with Crippen molar-refractivity contribution in [3.63, 3.8) is 0 Å². The molecule has 73 heavy (non-hydrogen) atoms. The maximum absolute atomic E-state index is 6.88. The van der Waals surface area contributed by atoms with Gasteiger partial charge in [-0.2, -0.15) is 0 Å². The number of para-hydroxylation sites is 2. The number of pyridine rings is 1. The number of hydrogen-bond acceptors (Lipinski definition) is 2. The minimum absolute atomic E-state index is 0.0220. The van der Waals surface area contributed by atoms with Gasteiger partial charge in [-0.3, -0.25) is 0 Å². The molecule has 0 unspecified atom stereocenters. The molecule has 0 atom stereocenters. The van der Waals surface area contributed by atoms with E-state index in [9.17, 15) is 0 Å². The summed E-state index contributed by atoms with van der Waals surface area (Å²) in [5.41, 5.74) is 19.8. The Morgan fingerprint density at radius 1 is 0.452 bits per heavy atom. The van der Waals surface area contributed by atoms with Gasteiger partial charge in [0.05, 0.1) is 5.41 Å². The summed E-state index contributed by atoms with van der Waals surface area (Å²) in [5.74, 6) is 2.04. The molecule has 5 nitrogen and oxygen atoms in total. The van der Waals surface area contributed by atoms with Gasteiger partial charge < -0.3 is 0 Å². The van der Waals surface area contributed by atoms with Crippen LogP contribution in [0, 0.1) is 15.9 Å². The summed E-state index contributed by atoms with van der Waals surface area (Å²) in [4.78, 5) is 5.13. The summed E-state index contributed by atoms with van der Waals surface area (Å²) < 4.78 is 14.9. The fraction of sp³-hybridized carbons (Fsp3) is 0.194. The van der Waals surface area contributed by atoms with Gasteiger partial charge in [-0.15, -0.1) is 0 Å². The summed E-state index contributed by atoms with van der Waals surface area (Å²) in [6.07, 6.45) is 1.95. The summed E-state index contributed by atoms with van der Waals surface area (Å²) in [7, 11) is 0. The van der Waals surface area contributed by atoms with Crippen molar-refractivity contribution in [1.29, 1.82) is 0 Å². The Bertz CT molecular complexity index is 4080. The van der Waals surface area contributed by atoms with E-state index in [-0.39, 0.29) is 16.2 Å². The molecule has 0 N–H and O–H groups in total. The van der Waals surface area contributed by atoms with Crippen molar-refractivity contribution >= 4 is 32.8 Å². The van der Waals surface area contributed by atoms with Crippen molar-refractivity contribution in [3.8, 4) is 50.9 Å². The van der Waals surface area contributed by atoms with E-state index in [4.69, 9.17) is 9.72 Å². The molecule has 8 aromatic carbocycles. The Hall–Kier alpha value is -7.33. The van der Waals surface area contributed by atoms with Gasteiger partial charge in [0, 0.05) is 6.20 Å². The van der Waals surface area contributed by atoms with Crippen LogP contribution in [0.4, 0.5) is 0 Å². The van der Waals surface area contributed by atoms with Gasteiger partial charge >= 0.3 is 275 Å². The fourth-order valence-corrected chi connectivity index (χ4v) is 12.9. The Balaban J connectivity index is 0.982. The van der Waals surface area contributed by atoms with Crippen LogP contribution in [0.2, 0.25) is 0 Å². The van der Waals surface area contributed by atoms with Crippen LogP contribution < -0.4 is 4.74 Å². The van der Waals surface area contributed by atoms with Gasteiger partial charge in [-0.25, -0.2) is 0 Å². The molecule has 13 rings (SSSR count). The topological polar surface area (TPSA) is 36.9 Å². The van der Waals surface area contributed by atoms with Crippen LogP contribution in [0.25, 0.3) is 72.3 Å². The third-order valence-electron chi connectivity index (χ3n) is 15.4. The van der Waals surface area contributed by atoms with Crippen molar-refractivity contribution in [3.05, 3.63) is 231 Å². The van der Waals surface area contributed by atoms with Crippen LogP contribution in [0.3, 0.4) is 0 Å². The predicted octanol–water partition coefficient (Wildman–Crippen LogP) is 16.6. The molecule has 0 amide bonds. The monoisotopic (exact) mass is 1130 g/mol. The average Bonchev–Trinajstić information content (AvgIpc) is 4.06. The van der Waals surface area contributed by atoms with Gasteiger partial charge in [0.1, 0.15) is 0 Å². The summed E-state index contributed by atoms with van der Waals surface area (Å²) in [6.45, 7) is 20.5. The van der Waals surface area contributed by atoms with Crippen molar-refractivity contribution in [2.24, 2.45) is 0 Å². The van der Waals surface area contributed by atoms with Crippen LogP contribution in [0.15, 0.2) is 176 Å². The quantitative estimate of drug-likeness (QED) is 0.161. The molecule has 2 aliphatic carbocycles. The number of nitrogens with zero attached hydrogens (tertiary/aromatic N) is 4. The first kappa shape index (κ1) is 45.5. The van der Waals surface area contributed by atoms with E-state index in [1.807, 2.05) is 12.3 Å². The molecule has 0 bridgehead atoms. The molecular weight excluding hydrogens is 1070 g/mol. The van der Waals surface area contributed by atoms with E-state index in [1.54, 1.807) is 0 Å². The van der Waals surface area contributed by atoms with Gasteiger partial charge in [0.25, 0.3) is 0 Å². The van der Waals surface area contributed by atoms with Gasteiger partial charge in [0.2, 0.25) is 0 Å². The van der Waals surface area contributed by atoms with Crippen molar-refractivity contribution in [1.82, 2.24) is 18.7 Å². The molecule has 0 radical (unpaired) electrons. The number of rotatable bonds is 5. The van der Waals surface area contributed by atoms with Crippen LogP contribution in [-0.2, 0) is 41.0 Å². The number of hydrogen-bond donors (Lipinski definition) is 0. The van der Waals surface area contributed by atoms with Gasteiger partial charge in [-0.05, 0) is 61.6 Å². The second-order valence-electron chi connectivity index (χ2n) is 23.0. The predicted molar refractivity (Wildman–Crippen MR) is 295 cm³/mol. The minimum atomic E-state index is -0.484. The maximum atomic E-state index is 6.88. The van der Waals surface area contributed by atoms with E-state index in [0.717, 1.165) is 53.8 Å². The molecule has 0 saturated heterocycles. The van der Waals surface area contributed by atoms with E-state index >= 15 is 0 Å². The van der Waals surface area contributed by atoms with E-state index in [2.05, 4.69) is 271 Å². The molecular formula is C67H56N4OPt-2. The van der Waals surface area contributed by atoms with Crippen LogP contribution in [0.5, 0.6) is 11.5 Å². The Kier molecular flexibility index (Phi) is 10.0. The normalized spacial score (nSPS) is 13.7. The molecule has 1 spiro atoms. The first-order valence-electron chi connectivity index (χ1n) is 25.4. The number of aromatic nitrogens is 4. The van der Waals surface area contributed by atoms with Gasteiger partial charge in [-0.1, -0.05) is 93.6 Å². The van der Waals surface area contributed by atoms with E-state index in [1.165, 1.54) is 61.2 Å². The summed E-state index contributed by atoms with van der Waals surface area (Å²) in [6, 6.07) is 69.9. The molecule has 11 aromatic rings. The molecule has 0 aliphatic heterocycles. The molecule has 0 saturated carbocycles. The van der Waals surface area contributed by atoms with Crippen LogP contribution >= 0.6 is 0 Å². The average molecular weight is 1130 g/mol. The van der Waals surface area contributed by atoms with Crippen molar-refractivity contribution < 1.29 is 24.1 Å². The Morgan fingerprint density at radius 2 is 1.01 bits per heavy atom. The number of imidazole rings is 1. The first-order chi connectivity index (χ1) is 35.0.